The van der Waals surface area contributed by atoms with Gasteiger partial charge in [-0.1, -0.05) is 66.7 Å². The molecule has 0 atom stereocenters. The van der Waals surface area contributed by atoms with Crippen LogP contribution in [0.3, 0.4) is 0 Å². The van der Waals surface area contributed by atoms with E-state index in [1.165, 1.54) is 23.7 Å². The number of hydrazone groups is 1. The van der Waals surface area contributed by atoms with Gasteiger partial charge in [-0.05, 0) is 83.4 Å². The summed E-state index contributed by atoms with van der Waals surface area (Å²) in [6.07, 6.45) is 1.48. The fourth-order valence-corrected chi connectivity index (χ4v) is 5.90. The Hall–Kier alpha value is -5.15. The number of carbonyl (C=O) groups is 1. The SMILES string of the molecule is CCOc1ccccc1N(CC(=O)N/N=C\c1ccc(OCc2ccc3ccccc3c2)cc1)S(=O)(=O)c1ccccc1. The molecule has 0 aromatic heterocycles. The molecule has 5 aromatic carbocycles. The first-order valence-corrected chi connectivity index (χ1v) is 15.2. The highest BCUT2D eigenvalue weighted by atomic mass is 32.2. The van der Waals surface area contributed by atoms with Crippen molar-refractivity contribution in [1.29, 1.82) is 0 Å². The third kappa shape index (κ3) is 7.38. The molecule has 0 fully saturated rings. The molecular formula is C34H31N3O5S. The Kier molecular flexibility index (Phi) is 9.33. The molecule has 5 rings (SSSR count). The summed E-state index contributed by atoms with van der Waals surface area (Å²) in [6, 6.07) is 36.3. The van der Waals surface area contributed by atoms with Gasteiger partial charge in [0.25, 0.3) is 15.9 Å². The van der Waals surface area contributed by atoms with E-state index >= 15 is 0 Å². The zero-order valence-corrected chi connectivity index (χ0v) is 24.4. The lowest BCUT2D eigenvalue weighted by molar-refractivity contribution is -0.119. The average molecular weight is 594 g/mol. The highest BCUT2D eigenvalue weighted by Gasteiger charge is 2.29. The number of benzene rings is 5. The molecule has 0 aliphatic rings. The van der Waals surface area contributed by atoms with Crippen LogP contribution in [0.1, 0.15) is 18.1 Å². The molecule has 0 heterocycles. The second-order valence-electron chi connectivity index (χ2n) is 9.56. The van der Waals surface area contributed by atoms with Crippen LogP contribution in [0, 0.1) is 0 Å². The Morgan fingerprint density at radius 3 is 2.28 bits per heavy atom. The summed E-state index contributed by atoms with van der Waals surface area (Å²) in [4.78, 5) is 13.0. The van der Waals surface area contributed by atoms with E-state index in [2.05, 4.69) is 34.8 Å². The average Bonchev–Trinajstić information content (AvgIpc) is 3.04. The van der Waals surface area contributed by atoms with Gasteiger partial charge in [-0.25, -0.2) is 13.8 Å². The van der Waals surface area contributed by atoms with Crippen LogP contribution in [0.5, 0.6) is 11.5 Å². The van der Waals surface area contributed by atoms with E-state index < -0.39 is 22.5 Å². The lowest BCUT2D eigenvalue weighted by Crippen LogP contribution is -2.39. The van der Waals surface area contributed by atoms with Gasteiger partial charge in [0.2, 0.25) is 0 Å². The second kappa shape index (κ2) is 13.7. The van der Waals surface area contributed by atoms with Gasteiger partial charge in [-0.2, -0.15) is 5.10 Å². The first kappa shape index (κ1) is 29.3. The molecule has 0 spiro atoms. The molecular weight excluding hydrogens is 562 g/mol. The monoisotopic (exact) mass is 593 g/mol. The maximum atomic E-state index is 13.6. The number of hydrogen-bond donors (Lipinski definition) is 1. The first-order valence-electron chi connectivity index (χ1n) is 13.8. The number of ether oxygens (including phenoxy) is 2. The minimum Gasteiger partial charge on any atom is -0.492 e. The van der Waals surface area contributed by atoms with E-state index in [0.29, 0.717) is 24.7 Å². The zero-order valence-electron chi connectivity index (χ0n) is 23.6. The number of nitrogens with zero attached hydrogens (tertiary/aromatic N) is 2. The molecule has 0 aliphatic heterocycles. The second-order valence-corrected chi connectivity index (χ2v) is 11.4. The summed E-state index contributed by atoms with van der Waals surface area (Å²) in [6.45, 7) is 2.07. The van der Waals surface area contributed by atoms with Crippen LogP contribution in [0.15, 0.2) is 131 Å². The predicted octanol–water partition coefficient (Wildman–Crippen LogP) is 6.16. The molecule has 9 heteroatoms. The van der Waals surface area contributed by atoms with E-state index in [1.807, 2.05) is 42.5 Å². The van der Waals surface area contributed by atoms with E-state index in [9.17, 15) is 13.2 Å². The van der Waals surface area contributed by atoms with Gasteiger partial charge >= 0.3 is 0 Å². The van der Waals surface area contributed by atoms with Crippen molar-refractivity contribution < 1.29 is 22.7 Å². The summed E-state index contributed by atoms with van der Waals surface area (Å²) < 4.78 is 39.8. The largest absolute Gasteiger partial charge is 0.492 e. The third-order valence-corrected chi connectivity index (χ3v) is 8.33. The van der Waals surface area contributed by atoms with Crippen molar-refractivity contribution in [3.05, 3.63) is 132 Å². The van der Waals surface area contributed by atoms with Crippen LogP contribution in [0.2, 0.25) is 0 Å². The van der Waals surface area contributed by atoms with Gasteiger partial charge < -0.3 is 9.47 Å². The highest BCUT2D eigenvalue weighted by Crippen LogP contribution is 2.32. The number of fused-ring (bicyclic) bond motifs is 1. The van der Waals surface area contributed by atoms with Crippen molar-refractivity contribution in [1.82, 2.24) is 5.43 Å². The van der Waals surface area contributed by atoms with Crippen LogP contribution in [-0.2, 0) is 21.4 Å². The third-order valence-electron chi connectivity index (χ3n) is 6.55. The summed E-state index contributed by atoms with van der Waals surface area (Å²) in [5.41, 5.74) is 4.49. The predicted molar refractivity (Wildman–Crippen MR) is 169 cm³/mol. The Bertz CT molecular complexity index is 1820. The molecule has 0 unspecified atom stereocenters. The lowest BCUT2D eigenvalue weighted by Gasteiger charge is -2.25. The van der Waals surface area contributed by atoms with Gasteiger partial charge in [0, 0.05) is 0 Å². The van der Waals surface area contributed by atoms with Crippen LogP contribution in [0.4, 0.5) is 5.69 Å². The van der Waals surface area contributed by atoms with Crippen molar-refractivity contribution in [3.8, 4) is 11.5 Å². The molecule has 5 aromatic rings. The lowest BCUT2D eigenvalue weighted by atomic mass is 10.1. The van der Waals surface area contributed by atoms with Crippen LogP contribution in [0.25, 0.3) is 10.8 Å². The molecule has 1 N–H and O–H groups in total. The van der Waals surface area contributed by atoms with E-state index in [0.717, 1.165) is 20.8 Å². The Labute approximate surface area is 251 Å². The fourth-order valence-electron chi connectivity index (χ4n) is 4.45. The molecule has 0 aliphatic carbocycles. The quantitative estimate of drug-likeness (QED) is 0.138. The molecule has 43 heavy (non-hydrogen) atoms. The number of amides is 1. The Morgan fingerprint density at radius 2 is 1.51 bits per heavy atom. The van der Waals surface area contributed by atoms with E-state index in [4.69, 9.17) is 9.47 Å². The van der Waals surface area contributed by atoms with Crippen molar-refractivity contribution in [3.63, 3.8) is 0 Å². The van der Waals surface area contributed by atoms with Crippen LogP contribution >= 0.6 is 0 Å². The van der Waals surface area contributed by atoms with Gasteiger partial charge in [-0.15, -0.1) is 0 Å². The number of rotatable bonds is 12. The summed E-state index contributed by atoms with van der Waals surface area (Å²) in [7, 11) is -4.08. The summed E-state index contributed by atoms with van der Waals surface area (Å²) in [5.74, 6) is 0.435. The van der Waals surface area contributed by atoms with Crippen molar-refractivity contribution in [2.45, 2.75) is 18.4 Å². The number of para-hydroxylation sites is 2. The van der Waals surface area contributed by atoms with Crippen LogP contribution in [-0.4, -0.2) is 33.7 Å². The van der Waals surface area contributed by atoms with Crippen molar-refractivity contribution >= 4 is 38.6 Å². The number of anilines is 1. The normalized spacial score (nSPS) is 11.4. The molecule has 218 valence electrons. The first-order chi connectivity index (χ1) is 20.9. The summed E-state index contributed by atoms with van der Waals surface area (Å²) in [5, 5.41) is 6.38. The molecule has 0 saturated heterocycles. The molecule has 0 saturated carbocycles. The molecule has 1 amide bonds. The van der Waals surface area contributed by atoms with Gasteiger partial charge in [0.1, 0.15) is 24.7 Å². The smallest absolute Gasteiger partial charge is 0.264 e. The number of hydrogen-bond acceptors (Lipinski definition) is 6. The number of sulfonamides is 1. The van der Waals surface area contributed by atoms with Gasteiger partial charge in [0.05, 0.1) is 23.4 Å². The van der Waals surface area contributed by atoms with Crippen molar-refractivity contribution in [2.75, 3.05) is 17.5 Å². The Morgan fingerprint density at radius 1 is 0.814 bits per heavy atom. The maximum Gasteiger partial charge on any atom is 0.264 e. The topological polar surface area (TPSA) is 97.3 Å². The zero-order chi connectivity index (χ0) is 30.1. The maximum absolute atomic E-state index is 13.6. The molecule has 0 bridgehead atoms. The number of carbonyl (C=O) groups excluding carboxylic acids is 1. The molecule has 0 radical (unpaired) electrons. The highest BCUT2D eigenvalue weighted by molar-refractivity contribution is 7.92. The minimum absolute atomic E-state index is 0.0560. The minimum atomic E-state index is -4.08. The van der Waals surface area contributed by atoms with E-state index in [1.54, 1.807) is 49.4 Å². The molecule has 8 nitrogen and oxygen atoms in total. The number of nitrogens with one attached hydrogen (secondary N) is 1. The standard InChI is InChI=1S/C34H31N3O5S/c1-2-41-33-15-9-8-14-32(33)37(43(39,40)31-12-4-3-5-13-31)24-34(38)36-35-23-26-17-20-30(21-18-26)42-25-27-16-19-28-10-6-7-11-29(28)22-27/h3-23H,2,24-25H2,1H3,(H,36,38)/b35-23-. The van der Waals surface area contributed by atoms with Crippen molar-refractivity contribution in [2.24, 2.45) is 5.10 Å². The summed E-state index contributed by atoms with van der Waals surface area (Å²) >= 11 is 0. The van der Waals surface area contributed by atoms with Gasteiger partial charge in [-0.3, -0.25) is 9.10 Å². The van der Waals surface area contributed by atoms with Crippen LogP contribution < -0.4 is 19.2 Å². The van der Waals surface area contributed by atoms with Gasteiger partial charge in [0.15, 0.2) is 0 Å². The Balaban J connectivity index is 1.23. The fraction of sp³-hybridized carbons (Fsp3) is 0.118. The van der Waals surface area contributed by atoms with E-state index in [-0.39, 0.29) is 10.6 Å².